The zero-order valence-electron chi connectivity index (χ0n) is 8.53. The van der Waals surface area contributed by atoms with Crippen LogP contribution in [0.3, 0.4) is 0 Å². The van der Waals surface area contributed by atoms with Gasteiger partial charge < -0.3 is 5.32 Å². The maximum Gasteiger partial charge on any atom is 0.188 e. The monoisotopic (exact) mass is 195 g/mol. The van der Waals surface area contributed by atoms with E-state index in [1.807, 2.05) is 0 Å². The number of tetrazole rings is 1. The molecule has 2 atom stereocenters. The van der Waals surface area contributed by atoms with Crippen molar-refractivity contribution in [1.82, 2.24) is 25.9 Å². The lowest BCUT2D eigenvalue weighted by atomic mass is 9.86. The molecule has 1 aromatic heterocycles. The molecule has 1 saturated carbocycles. The van der Waals surface area contributed by atoms with Crippen LogP contribution in [0.5, 0.6) is 0 Å². The Labute approximate surface area is 83.7 Å². The zero-order valence-corrected chi connectivity index (χ0v) is 8.53. The van der Waals surface area contributed by atoms with Crippen molar-refractivity contribution in [1.29, 1.82) is 0 Å². The zero-order chi connectivity index (χ0) is 9.80. The third kappa shape index (κ3) is 2.29. The number of rotatable bonds is 3. The van der Waals surface area contributed by atoms with Crippen molar-refractivity contribution in [3.63, 3.8) is 0 Å². The number of aromatic amines is 1. The summed E-state index contributed by atoms with van der Waals surface area (Å²) in [7, 11) is 0. The average Bonchev–Trinajstić information content (AvgIpc) is 2.69. The van der Waals surface area contributed by atoms with Gasteiger partial charge in [0.2, 0.25) is 0 Å². The molecule has 2 unspecified atom stereocenters. The summed E-state index contributed by atoms with van der Waals surface area (Å²) in [5, 5.41) is 17.3. The van der Waals surface area contributed by atoms with E-state index in [9.17, 15) is 0 Å². The van der Waals surface area contributed by atoms with E-state index in [1.54, 1.807) is 0 Å². The van der Waals surface area contributed by atoms with Gasteiger partial charge in [0, 0.05) is 6.04 Å². The van der Waals surface area contributed by atoms with Gasteiger partial charge in [-0.05, 0) is 18.8 Å². The van der Waals surface area contributed by atoms with E-state index in [1.165, 1.54) is 25.7 Å². The molecule has 14 heavy (non-hydrogen) atoms. The number of nitrogens with zero attached hydrogens (tertiary/aromatic N) is 3. The fraction of sp³-hybridized carbons (Fsp3) is 0.889. The molecule has 0 amide bonds. The number of aromatic nitrogens is 4. The van der Waals surface area contributed by atoms with Crippen LogP contribution < -0.4 is 5.32 Å². The van der Waals surface area contributed by atoms with Crippen molar-refractivity contribution < 1.29 is 0 Å². The van der Waals surface area contributed by atoms with Gasteiger partial charge in [0.05, 0.1) is 6.54 Å². The van der Waals surface area contributed by atoms with Gasteiger partial charge in [0.15, 0.2) is 5.82 Å². The number of nitrogens with one attached hydrogen (secondary N) is 2. The second-order valence-electron chi connectivity index (χ2n) is 4.08. The van der Waals surface area contributed by atoms with Gasteiger partial charge in [-0.2, -0.15) is 5.21 Å². The Hall–Kier alpha value is -0.970. The summed E-state index contributed by atoms with van der Waals surface area (Å²) in [5.41, 5.74) is 0. The number of hydrogen-bond donors (Lipinski definition) is 2. The summed E-state index contributed by atoms with van der Waals surface area (Å²) >= 11 is 0. The van der Waals surface area contributed by atoms with Crippen LogP contribution in [0.2, 0.25) is 0 Å². The van der Waals surface area contributed by atoms with Crippen LogP contribution >= 0.6 is 0 Å². The minimum absolute atomic E-state index is 0.627. The Morgan fingerprint density at radius 2 is 2.29 bits per heavy atom. The minimum atomic E-state index is 0.627. The highest BCUT2D eigenvalue weighted by Gasteiger charge is 2.20. The van der Waals surface area contributed by atoms with E-state index in [-0.39, 0.29) is 0 Å². The number of hydrogen-bond acceptors (Lipinski definition) is 4. The highest BCUT2D eigenvalue weighted by molar-refractivity contribution is 4.82. The third-order valence-corrected chi connectivity index (χ3v) is 3.02. The van der Waals surface area contributed by atoms with E-state index in [0.717, 1.165) is 18.3 Å². The standard InChI is InChI=1S/C9H17N5/c1-7-4-2-3-5-8(7)10-6-9-11-13-14-12-9/h7-8,10H,2-6H2,1H3,(H,11,12,13,14). The van der Waals surface area contributed by atoms with E-state index < -0.39 is 0 Å². The molecular weight excluding hydrogens is 178 g/mol. The maximum atomic E-state index is 3.92. The van der Waals surface area contributed by atoms with Crippen LogP contribution in [0.4, 0.5) is 0 Å². The minimum Gasteiger partial charge on any atom is -0.307 e. The molecule has 78 valence electrons. The molecule has 1 aliphatic rings. The van der Waals surface area contributed by atoms with Crippen LogP contribution in [0.15, 0.2) is 0 Å². The van der Waals surface area contributed by atoms with Gasteiger partial charge in [-0.25, -0.2) is 0 Å². The average molecular weight is 195 g/mol. The van der Waals surface area contributed by atoms with Crippen molar-refractivity contribution in [3.8, 4) is 0 Å². The SMILES string of the molecule is CC1CCCCC1NCc1nn[nH]n1. The van der Waals surface area contributed by atoms with Gasteiger partial charge in [-0.15, -0.1) is 10.2 Å². The van der Waals surface area contributed by atoms with E-state index in [0.29, 0.717) is 6.04 Å². The first-order valence-corrected chi connectivity index (χ1v) is 5.32. The van der Waals surface area contributed by atoms with Crippen LogP contribution in [0.25, 0.3) is 0 Å². The van der Waals surface area contributed by atoms with Crippen molar-refractivity contribution in [3.05, 3.63) is 5.82 Å². The lowest BCUT2D eigenvalue weighted by Crippen LogP contribution is -2.36. The Morgan fingerprint density at radius 3 is 3.00 bits per heavy atom. The van der Waals surface area contributed by atoms with E-state index in [2.05, 4.69) is 32.9 Å². The molecule has 0 aliphatic heterocycles. The molecule has 0 spiro atoms. The normalized spacial score (nSPS) is 27.8. The van der Waals surface area contributed by atoms with Crippen molar-refractivity contribution >= 4 is 0 Å². The summed E-state index contributed by atoms with van der Waals surface area (Å²) in [6.45, 7) is 3.04. The first-order chi connectivity index (χ1) is 6.86. The second kappa shape index (κ2) is 4.50. The predicted molar refractivity (Wildman–Crippen MR) is 52.4 cm³/mol. The van der Waals surface area contributed by atoms with Gasteiger partial charge in [0.25, 0.3) is 0 Å². The molecule has 1 aliphatic carbocycles. The quantitative estimate of drug-likeness (QED) is 0.751. The Bertz CT molecular complexity index is 258. The highest BCUT2D eigenvalue weighted by atomic mass is 15.5. The fourth-order valence-electron chi connectivity index (χ4n) is 2.10. The lowest BCUT2D eigenvalue weighted by Gasteiger charge is -2.29. The maximum absolute atomic E-state index is 3.92. The van der Waals surface area contributed by atoms with Crippen molar-refractivity contribution in [2.75, 3.05) is 0 Å². The number of H-pyrrole nitrogens is 1. The summed E-state index contributed by atoms with van der Waals surface area (Å²) in [6.07, 6.45) is 5.33. The van der Waals surface area contributed by atoms with Gasteiger partial charge >= 0.3 is 0 Å². The molecule has 5 heteroatoms. The fourth-order valence-corrected chi connectivity index (χ4v) is 2.10. The predicted octanol–water partition coefficient (Wildman–Crippen LogP) is 0.868. The molecule has 2 N–H and O–H groups in total. The van der Waals surface area contributed by atoms with Gasteiger partial charge in [-0.1, -0.05) is 25.0 Å². The van der Waals surface area contributed by atoms with Crippen LogP contribution in [-0.2, 0) is 6.54 Å². The molecule has 0 radical (unpaired) electrons. The largest absolute Gasteiger partial charge is 0.307 e. The molecule has 5 nitrogen and oxygen atoms in total. The highest BCUT2D eigenvalue weighted by Crippen LogP contribution is 2.23. The Balaban J connectivity index is 1.79. The van der Waals surface area contributed by atoms with E-state index in [4.69, 9.17) is 0 Å². The van der Waals surface area contributed by atoms with Crippen molar-refractivity contribution in [2.45, 2.75) is 45.2 Å². The summed E-state index contributed by atoms with van der Waals surface area (Å²) < 4.78 is 0. The van der Waals surface area contributed by atoms with Gasteiger partial charge in [0.1, 0.15) is 0 Å². The topological polar surface area (TPSA) is 66.5 Å². The molecule has 0 aromatic carbocycles. The summed E-state index contributed by atoms with van der Waals surface area (Å²) in [5.74, 6) is 1.53. The third-order valence-electron chi connectivity index (χ3n) is 3.02. The van der Waals surface area contributed by atoms with Crippen LogP contribution in [-0.4, -0.2) is 26.7 Å². The second-order valence-corrected chi connectivity index (χ2v) is 4.08. The summed E-state index contributed by atoms with van der Waals surface area (Å²) in [6, 6.07) is 0.627. The van der Waals surface area contributed by atoms with Crippen LogP contribution in [0, 0.1) is 5.92 Å². The smallest absolute Gasteiger partial charge is 0.188 e. The summed E-state index contributed by atoms with van der Waals surface area (Å²) in [4.78, 5) is 0. The molecule has 1 heterocycles. The molecule has 1 aromatic rings. The molecule has 1 fully saturated rings. The van der Waals surface area contributed by atoms with Gasteiger partial charge in [-0.3, -0.25) is 0 Å². The van der Waals surface area contributed by atoms with E-state index >= 15 is 0 Å². The Morgan fingerprint density at radius 1 is 1.43 bits per heavy atom. The lowest BCUT2D eigenvalue weighted by molar-refractivity contribution is 0.278. The Kier molecular flexibility index (Phi) is 3.08. The molecule has 0 bridgehead atoms. The molecule has 2 rings (SSSR count). The first-order valence-electron chi connectivity index (χ1n) is 5.32. The molecular formula is C9H17N5. The first kappa shape index (κ1) is 9.58. The molecule has 0 saturated heterocycles. The van der Waals surface area contributed by atoms with Crippen molar-refractivity contribution in [2.24, 2.45) is 5.92 Å². The van der Waals surface area contributed by atoms with Crippen LogP contribution in [0.1, 0.15) is 38.4 Å².